The van der Waals surface area contributed by atoms with Crippen LogP contribution in [0.3, 0.4) is 0 Å². The number of piperidine rings is 1. The molecule has 0 radical (unpaired) electrons. The van der Waals surface area contributed by atoms with E-state index in [1.54, 1.807) is 4.90 Å². The summed E-state index contributed by atoms with van der Waals surface area (Å²) in [6, 6.07) is 9.20. The molecular weight excluding hydrogens is 274 g/mol. The number of rotatable bonds is 6. The Hall–Kier alpha value is -1.02. The van der Waals surface area contributed by atoms with Crippen LogP contribution in [0.5, 0.6) is 0 Å². The predicted octanol–water partition coefficient (Wildman–Crippen LogP) is -1.04. The van der Waals surface area contributed by atoms with E-state index < -0.39 is 24.4 Å². The highest BCUT2D eigenvalue weighted by atomic mass is 16.5. The smallest absolute Gasteiger partial charge is 0.109 e. The molecule has 1 aromatic rings. The molecule has 0 aromatic heterocycles. The summed E-state index contributed by atoms with van der Waals surface area (Å²) in [5, 5.41) is 38.5. The first-order valence-electron chi connectivity index (χ1n) is 7.14. The molecule has 1 aliphatic heterocycles. The van der Waals surface area contributed by atoms with Crippen molar-refractivity contribution in [1.29, 1.82) is 0 Å². The molecule has 2 rings (SSSR count). The van der Waals surface area contributed by atoms with Gasteiger partial charge in [-0.1, -0.05) is 30.3 Å². The van der Waals surface area contributed by atoms with Crippen molar-refractivity contribution < 1.29 is 25.2 Å². The lowest BCUT2D eigenvalue weighted by Gasteiger charge is -2.43. The van der Waals surface area contributed by atoms with Gasteiger partial charge < -0.3 is 25.2 Å². The van der Waals surface area contributed by atoms with Gasteiger partial charge in [0.2, 0.25) is 0 Å². The van der Waals surface area contributed by atoms with Crippen LogP contribution in [0.15, 0.2) is 30.3 Å². The highest BCUT2D eigenvalue weighted by Crippen LogP contribution is 2.18. The van der Waals surface area contributed by atoms with Crippen molar-refractivity contribution in [2.45, 2.75) is 31.0 Å². The number of benzene rings is 1. The van der Waals surface area contributed by atoms with E-state index >= 15 is 0 Å². The largest absolute Gasteiger partial charge is 0.395 e. The average Bonchev–Trinajstić information content (AvgIpc) is 2.50. The van der Waals surface area contributed by atoms with E-state index in [9.17, 15) is 20.4 Å². The first kappa shape index (κ1) is 16.4. The van der Waals surface area contributed by atoms with Gasteiger partial charge in [0.05, 0.1) is 32.0 Å². The zero-order valence-electron chi connectivity index (χ0n) is 11.9. The molecule has 4 atom stereocenters. The van der Waals surface area contributed by atoms with Crippen molar-refractivity contribution in [1.82, 2.24) is 4.90 Å². The number of hydrogen-bond acceptors (Lipinski definition) is 6. The molecule has 1 fully saturated rings. The fraction of sp³-hybridized carbons (Fsp3) is 0.600. The SMILES string of the molecule is OC[C@H]1[C@H](O)[C@H](O)[C@H](O)CN1CCOCc1ccccc1. The monoisotopic (exact) mass is 297 g/mol. The van der Waals surface area contributed by atoms with Gasteiger partial charge in [-0.05, 0) is 5.56 Å². The first-order valence-corrected chi connectivity index (χ1v) is 7.14. The minimum absolute atomic E-state index is 0.206. The third-order valence-corrected chi connectivity index (χ3v) is 3.85. The molecule has 0 unspecified atom stereocenters. The molecule has 0 amide bonds. The zero-order valence-corrected chi connectivity index (χ0v) is 11.9. The molecule has 1 saturated heterocycles. The third kappa shape index (κ3) is 4.23. The van der Waals surface area contributed by atoms with Crippen molar-refractivity contribution in [3.05, 3.63) is 35.9 Å². The van der Waals surface area contributed by atoms with Gasteiger partial charge in [-0.15, -0.1) is 0 Å². The molecule has 1 aromatic carbocycles. The summed E-state index contributed by atoms with van der Waals surface area (Å²) in [5.41, 5.74) is 1.07. The molecule has 0 aliphatic carbocycles. The Labute approximate surface area is 124 Å². The van der Waals surface area contributed by atoms with Crippen LogP contribution in [0.25, 0.3) is 0 Å². The summed E-state index contributed by atoms with van der Waals surface area (Å²) in [6.45, 7) is 1.31. The lowest BCUT2D eigenvalue weighted by Crippen LogP contribution is -2.62. The molecule has 118 valence electrons. The molecule has 21 heavy (non-hydrogen) atoms. The molecule has 4 N–H and O–H groups in total. The van der Waals surface area contributed by atoms with Gasteiger partial charge in [0, 0.05) is 13.1 Å². The Kier molecular flexibility index (Phi) is 6.10. The lowest BCUT2D eigenvalue weighted by atomic mass is 9.94. The fourth-order valence-corrected chi connectivity index (χ4v) is 2.58. The summed E-state index contributed by atoms with van der Waals surface area (Å²) < 4.78 is 5.56. The van der Waals surface area contributed by atoms with Crippen molar-refractivity contribution in [2.75, 3.05) is 26.3 Å². The van der Waals surface area contributed by atoms with Crippen LogP contribution < -0.4 is 0 Å². The van der Waals surface area contributed by atoms with Crippen LogP contribution in [0.1, 0.15) is 5.56 Å². The van der Waals surface area contributed by atoms with E-state index in [0.717, 1.165) is 5.56 Å². The average molecular weight is 297 g/mol. The zero-order chi connectivity index (χ0) is 15.2. The maximum absolute atomic E-state index is 9.86. The van der Waals surface area contributed by atoms with Crippen LogP contribution in [0.4, 0.5) is 0 Å². The lowest BCUT2D eigenvalue weighted by molar-refractivity contribution is -0.147. The quantitative estimate of drug-likeness (QED) is 0.501. The number of aliphatic hydroxyl groups is 4. The summed E-state index contributed by atoms with van der Waals surface area (Å²) in [4.78, 5) is 1.74. The van der Waals surface area contributed by atoms with E-state index in [-0.39, 0.29) is 13.2 Å². The van der Waals surface area contributed by atoms with E-state index in [0.29, 0.717) is 19.8 Å². The van der Waals surface area contributed by atoms with E-state index in [1.165, 1.54) is 0 Å². The van der Waals surface area contributed by atoms with Gasteiger partial charge in [-0.25, -0.2) is 0 Å². The molecule has 0 bridgehead atoms. The van der Waals surface area contributed by atoms with Crippen LogP contribution in [-0.4, -0.2) is 76.0 Å². The molecule has 1 heterocycles. The van der Waals surface area contributed by atoms with Crippen LogP contribution >= 0.6 is 0 Å². The molecular formula is C15H23NO5. The molecule has 6 heteroatoms. The number of hydrogen-bond donors (Lipinski definition) is 4. The first-order chi connectivity index (χ1) is 10.1. The number of ether oxygens (including phenoxy) is 1. The Morgan fingerprint density at radius 3 is 2.48 bits per heavy atom. The second kappa shape index (κ2) is 7.84. The van der Waals surface area contributed by atoms with Gasteiger partial charge >= 0.3 is 0 Å². The van der Waals surface area contributed by atoms with Crippen LogP contribution in [-0.2, 0) is 11.3 Å². The van der Waals surface area contributed by atoms with Gasteiger partial charge in [-0.3, -0.25) is 4.90 Å². The van der Waals surface area contributed by atoms with Crippen molar-refractivity contribution in [2.24, 2.45) is 0 Å². The topological polar surface area (TPSA) is 93.4 Å². The van der Waals surface area contributed by atoms with Crippen molar-refractivity contribution in [3.8, 4) is 0 Å². The predicted molar refractivity (Wildman–Crippen MR) is 76.6 cm³/mol. The molecule has 0 spiro atoms. The Morgan fingerprint density at radius 1 is 1.10 bits per heavy atom. The van der Waals surface area contributed by atoms with Gasteiger partial charge in [0.1, 0.15) is 12.2 Å². The summed E-state index contributed by atoms with van der Waals surface area (Å²) >= 11 is 0. The molecule has 6 nitrogen and oxygen atoms in total. The fourth-order valence-electron chi connectivity index (χ4n) is 2.58. The molecule has 1 aliphatic rings. The van der Waals surface area contributed by atoms with Gasteiger partial charge in [0.15, 0.2) is 0 Å². The third-order valence-electron chi connectivity index (χ3n) is 3.85. The summed E-state index contributed by atoms with van der Waals surface area (Å²) in [7, 11) is 0. The second-order valence-electron chi connectivity index (χ2n) is 5.33. The van der Waals surface area contributed by atoms with Crippen LogP contribution in [0, 0.1) is 0 Å². The summed E-state index contributed by atoms with van der Waals surface area (Å²) in [5.74, 6) is 0. The Balaban J connectivity index is 1.78. The normalized spacial score (nSPS) is 30.5. The minimum Gasteiger partial charge on any atom is -0.395 e. The number of aliphatic hydroxyl groups excluding tert-OH is 4. The number of β-amino-alcohol motifs (C(OH)–C–C–N with tert-alkyl or cyclic N) is 1. The Bertz CT molecular complexity index is 416. The van der Waals surface area contributed by atoms with E-state index in [4.69, 9.17) is 4.74 Å². The van der Waals surface area contributed by atoms with Crippen molar-refractivity contribution >= 4 is 0 Å². The van der Waals surface area contributed by atoms with Gasteiger partial charge in [0.25, 0.3) is 0 Å². The van der Waals surface area contributed by atoms with E-state index in [2.05, 4.69) is 0 Å². The highest BCUT2D eigenvalue weighted by Gasteiger charge is 2.40. The Morgan fingerprint density at radius 2 is 1.81 bits per heavy atom. The number of likely N-dealkylation sites (tertiary alicyclic amines) is 1. The second-order valence-corrected chi connectivity index (χ2v) is 5.33. The molecule has 0 saturated carbocycles. The van der Waals surface area contributed by atoms with Gasteiger partial charge in [-0.2, -0.15) is 0 Å². The minimum atomic E-state index is -1.22. The van der Waals surface area contributed by atoms with Crippen molar-refractivity contribution in [3.63, 3.8) is 0 Å². The van der Waals surface area contributed by atoms with Crippen LogP contribution in [0.2, 0.25) is 0 Å². The maximum Gasteiger partial charge on any atom is 0.109 e. The highest BCUT2D eigenvalue weighted by molar-refractivity contribution is 5.13. The standard InChI is InChI=1S/C15H23NO5/c17-9-12-14(19)15(20)13(18)8-16(12)6-7-21-10-11-4-2-1-3-5-11/h1-5,12-15,17-20H,6-10H2/t12-,13+,14-,15+/m0/s1. The number of nitrogens with zero attached hydrogens (tertiary/aromatic N) is 1. The summed E-state index contributed by atoms with van der Waals surface area (Å²) in [6.07, 6.45) is -3.39. The van der Waals surface area contributed by atoms with E-state index in [1.807, 2.05) is 30.3 Å². The maximum atomic E-state index is 9.86.